The van der Waals surface area contributed by atoms with Crippen LogP contribution in [-0.2, 0) is 13.0 Å². The maximum atomic E-state index is 5.66. The molecule has 1 heterocycles. The standard InChI is InChI=1S/C17H26N6O/c1-3-16-22-21-14-23(16)12-11-20-17(18-2)19-10-7-13-24-15-8-5-4-6-9-15/h4-6,8-9,14H,3,7,10-13H2,1-2H3,(H2,18,19,20). The van der Waals surface area contributed by atoms with Crippen molar-refractivity contribution in [1.29, 1.82) is 0 Å². The molecule has 2 N–H and O–H groups in total. The van der Waals surface area contributed by atoms with Crippen LogP contribution in [-0.4, -0.2) is 47.5 Å². The number of aryl methyl sites for hydroxylation is 1. The third kappa shape index (κ3) is 5.91. The van der Waals surface area contributed by atoms with Gasteiger partial charge in [-0.1, -0.05) is 25.1 Å². The molecule has 24 heavy (non-hydrogen) atoms. The summed E-state index contributed by atoms with van der Waals surface area (Å²) in [5.74, 6) is 2.69. The highest BCUT2D eigenvalue weighted by atomic mass is 16.5. The number of benzene rings is 1. The molecule has 0 amide bonds. The molecule has 130 valence electrons. The summed E-state index contributed by atoms with van der Waals surface area (Å²) >= 11 is 0. The fourth-order valence-electron chi connectivity index (χ4n) is 2.24. The molecule has 7 heteroatoms. The Morgan fingerprint density at radius 3 is 2.75 bits per heavy atom. The van der Waals surface area contributed by atoms with E-state index in [2.05, 4.69) is 32.7 Å². The van der Waals surface area contributed by atoms with Crippen LogP contribution in [0.5, 0.6) is 5.75 Å². The molecule has 0 spiro atoms. The van der Waals surface area contributed by atoms with E-state index in [1.807, 2.05) is 34.9 Å². The molecule has 0 bridgehead atoms. The van der Waals surface area contributed by atoms with Crippen molar-refractivity contribution in [2.75, 3.05) is 26.7 Å². The van der Waals surface area contributed by atoms with Gasteiger partial charge in [-0.15, -0.1) is 10.2 Å². The smallest absolute Gasteiger partial charge is 0.191 e. The molecule has 0 atom stereocenters. The minimum atomic E-state index is 0.675. The summed E-state index contributed by atoms with van der Waals surface area (Å²) in [4.78, 5) is 4.22. The SMILES string of the molecule is CCc1nncn1CCNC(=NC)NCCCOc1ccccc1. The first kappa shape index (κ1) is 17.8. The van der Waals surface area contributed by atoms with Gasteiger partial charge in [0.2, 0.25) is 0 Å². The molecule has 7 nitrogen and oxygen atoms in total. The van der Waals surface area contributed by atoms with E-state index < -0.39 is 0 Å². The second-order valence-corrected chi connectivity index (χ2v) is 5.23. The van der Waals surface area contributed by atoms with Gasteiger partial charge in [-0.05, 0) is 18.6 Å². The van der Waals surface area contributed by atoms with Gasteiger partial charge in [-0.2, -0.15) is 0 Å². The van der Waals surface area contributed by atoms with E-state index in [1.54, 1.807) is 13.4 Å². The van der Waals surface area contributed by atoms with Crippen LogP contribution in [0, 0.1) is 0 Å². The second kappa shape index (κ2) is 10.3. The maximum absolute atomic E-state index is 5.66. The van der Waals surface area contributed by atoms with E-state index in [4.69, 9.17) is 4.74 Å². The molecule has 0 unspecified atom stereocenters. The van der Waals surface area contributed by atoms with E-state index in [9.17, 15) is 0 Å². The molecule has 0 fully saturated rings. The predicted molar refractivity (Wildman–Crippen MR) is 95.3 cm³/mol. The summed E-state index contributed by atoms with van der Waals surface area (Å²) in [7, 11) is 1.77. The van der Waals surface area contributed by atoms with Gasteiger partial charge < -0.3 is 19.9 Å². The van der Waals surface area contributed by atoms with Gasteiger partial charge in [-0.25, -0.2) is 0 Å². The van der Waals surface area contributed by atoms with Gasteiger partial charge in [0.15, 0.2) is 5.96 Å². The largest absolute Gasteiger partial charge is 0.494 e. The van der Waals surface area contributed by atoms with Crippen LogP contribution in [0.2, 0.25) is 0 Å². The predicted octanol–water partition coefficient (Wildman–Crippen LogP) is 1.47. The van der Waals surface area contributed by atoms with Gasteiger partial charge in [0, 0.05) is 33.1 Å². The second-order valence-electron chi connectivity index (χ2n) is 5.23. The van der Waals surface area contributed by atoms with Crippen LogP contribution >= 0.6 is 0 Å². The number of rotatable bonds is 9. The zero-order chi connectivity index (χ0) is 17.0. The maximum Gasteiger partial charge on any atom is 0.191 e. The first-order chi connectivity index (χ1) is 11.8. The summed E-state index contributed by atoms with van der Waals surface area (Å²) in [6, 6.07) is 9.85. The quantitative estimate of drug-likeness (QED) is 0.414. The zero-order valence-corrected chi connectivity index (χ0v) is 14.4. The highest BCUT2D eigenvalue weighted by Gasteiger charge is 2.02. The molecule has 0 saturated heterocycles. The average Bonchev–Trinajstić information content (AvgIpc) is 3.08. The fraction of sp³-hybridized carbons (Fsp3) is 0.471. The van der Waals surface area contributed by atoms with Crippen LogP contribution in [0.3, 0.4) is 0 Å². The number of hydrogen-bond donors (Lipinski definition) is 2. The summed E-state index contributed by atoms with van der Waals surface area (Å²) in [6.45, 7) is 5.14. The van der Waals surface area contributed by atoms with Gasteiger partial charge in [0.25, 0.3) is 0 Å². The first-order valence-electron chi connectivity index (χ1n) is 8.32. The van der Waals surface area contributed by atoms with E-state index in [0.717, 1.165) is 50.0 Å². The van der Waals surface area contributed by atoms with Crippen LogP contribution in [0.4, 0.5) is 0 Å². The number of aliphatic imine (C=N–C) groups is 1. The molecule has 1 aromatic carbocycles. The van der Waals surface area contributed by atoms with Gasteiger partial charge in [-0.3, -0.25) is 4.99 Å². The molecule has 0 aliphatic rings. The summed E-state index contributed by atoms with van der Waals surface area (Å²) in [5.41, 5.74) is 0. The summed E-state index contributed by atoms with van der Waals surface area (Å²) in [6.07, 6.45) is 3.55. The topological polar surface area (TPSA) is 76.4 Å². The van der Waals surface area contributed by atoms with Crippen molar-refractivity contribution >= 4 is 5.96 Å². The summed E-state index contributed by atoms with van der Waals surface area (Å²) in [5, 5.41) is 14.6. The van der Waals surface area contributed by atoms with Crippen molar-refractivity contribution in [3.05, 3.63) is 42.5 Å². The Morgan fingerprint density at radius 1 is 1.21 bits per heavy atom. The fourth-order valence-corrected chi connectivity index (χ4v) is 2.24. The van der Waals surface area contributed by atoms with Crippen LogP contribution in [0.25, 0.3) is 0 Å². The van der Waals surface area contributed by atoms with Crippen molar-refractivity contribution < 1.29 is 4.74 Å². The van der Waals surface area contributed by atoms with E-state index in [0.29, 0.717) is 6.61 Å². The highest BCUT2D eigenvalue weighted by molar-refractivity contribution is 5.79. The van der Waals surface area contributed by atoms with Gasteiger partial charge in [0.1, 0.15) is 17.9 Å². The number of nitrogens with zero attached hydrogens (tertiary/aromatic N) is 4. The lowest BCUT2D eigenvalue weighted by atomic mass is 10.3. The Bertz CT molecular complexity index is 611. The zero-order valence-electron chi connectivity index (χ0n) is 14.4. The molecule has 2 aromatic rings. The number of hydrogen-bond acceptors (Lipinski definition) is 4. The van der Waals surface area contributed by atoms with E-state index in [-0.39, 0.29) is 0 Å². The van der Waals surface area contributed by atoms with Crippen LogP contribution in [0.15, 0.2) is 41.7 Å². The molecule has 0 saturated carbocycles. The Morgan fingerprint density at radius 2 is 2.00 bits per heavy atom. The monoisotopic (exact) mass is 330 g/mol. The number of aromatic nitrogens is 3. The third-order valence-corrected chi connectivity index (χ3v) is 3.51. The van der Waals surface area contributed by atoms with Crippen molar-refractivity contribution in [1.82, 2.24) is 25.4 Å². The minimum Gasteiger partial charge on any atom is -0.494 e. The van der Waals surface area contributed by atoms with Crippen molar-refractivity contribution in [2.24, 2.45) is 4.99 Å². The molecule has 0 aliphatic heterocycles. The third-order valence-electron chi connectivity index (χ3n) is 3.51. The van der Waals surface area contributed by atoms with Gasteiger partial charge >= 0.3 is 0 Å². The van der Waals surface area contributed by atoms with Crippen molar-refractivity contribution in [2.45, 2.75) is 26.3 Å². The van der Waals surface area contributed by atoms with E-state index >= 15 is 0 Å². The number of para-hydroxylation sites is 1. The Labute approximate surface area is 143 Å². The first-order valence-corrected chi connectivity index (χ1v) is 8.32. The lowest BCUT2D eigenvalue weighted by Gasteiger charge is -2.13. The van der Waals surface area contributed by atoms with Crippen molar-refractivity contribution in [3.63, 3.8) is 0 Å². The molecular weight excluding hydrogens is 304 g/mol. The number of ether oxygens (including phenoxy) is 1. The summed E-state index contributed by atoms with van der Waals surface area (Å²) < 4.78 is 7.71. The molecule has 0 radical (unpaired) electrons. The van der Waals surface area contributed by atoms with Crippen LogP contribution < -0.4 is 15.4 Å². The average molecular weight is 330 g/mol. The molecule has 1 aromatic heterocycles. The Hall–Kier alpha value is -2.57. The normalized spacial score (nSPS) is 11.3. The highest BCUT2D eigenvalue weighted by Crippen LogP contribution is 2.07. The number of guanidine groups is 1. The molecular formula is C17H26N6O. The Kier molecular flexibility index (Phi) is 7.59. The molecule has 2 rings (SSSR count). The minimum absolute atomic E-state index is 0.675. The Balaban J connectivity index is 1.59. The molecule has 0 aliphatic carbocycles. The van der Waals surface area contributed by atoms with E-state index in [1.165, 1.54) is 0 Å². The lowest BCUT2D eigenvalue weighted by molar-refractivity contribution is 0.311. The lowest BCUT2D eigenvalue weighted by Crippen LogP contribution is -2.39. The van der Waals surface area contributed by atoms with Crippen LogP contribution in [0.1, 0.15) is 19.2 Å². The van der Waals surface area contributed by atoms with Gasteiger partial charge in [0.05, 0.1) is 6.61 Å². The number of nitrogens with one attached hydrogen (secondary N) is 2. The van der Waals surface area contributed by atoms with Crippen molar-refractivity contribution in [3.8, 4) is 5.75 Å².